The predicted octanol–water partition coefficient (Wildman–Crippen LogP) is 5.12. The first kappa shape index (κ1) is 21.9. The summed E-state index contributed by atoms with van der Waals surface area (Å²) in [6.45, 7) is 3.80. The number of nitriles is 1. The van der Waals surface area contributed by atoms with E-state index >= 15 is 0 Å². The highest BCUT2D eigenvalue weighted by molar-refractivity contribution is 5.34. The van der Waals surface area contributed by atoms with Crippen LogP contribution in [0.15, 0.2) is 54.6 Å². The van der Waals surface area contributed by atoms with Gasteiger partial charge in [-0.2, -0.15) is 5.26 Å². The maximum atomic E-state index is 12.0. The first-order valence-corrected chi connectivity index (χ1v) is 11.8. The lowest BCUT2D eigenvalue weighted by Gasteiger charge is -2.45. The number of piperidine rings is 1. The molecular weight excluding hydrogens is 384 g/mol. The molecular formula is C27H34N2O2. The molecule has 0 radical (unpaired) electrons. The van der Waals surface area contributed by atoms with E-state index in [-0.39, 0.29) is 0 Å². The Morgan fingerprint density at radius 2 is 1.58 bits per heavy atom. The van der Waals surface area contributed by atoms with E-state index < -0.39 is 5.60 Å². The first-order chi connectivity index (χ1) is 15.2. The third kappa shape index (κ3) is 5.11. The standard InChI is InChI=1S/C27H34N2O2/c28-21-22-11-13-26(14-12-22)31-20-6-17-29-18-15-25(16-19-29)27(30,24-9-4-5-10-24)23-7-2-1-3-8-23/h1-3,7-8,11-14,24-25,30H,4-6,9-10,15-20H2. The van der Waals surface area contributed by atoms with Crippen molar-refractivity contribution in [2.45, 2.75) is 50.5 Å². The van der Waals surface area contributed by atoms with Gasteiger partial charge in [-0.15, -0.1) is 0 Å². The average Bonchev–Trinajstić information content (AvgIpc) is 3.38. The van der Waals surface area contributed by atoms with Crippen LogP contribution in [0.4, 0.5) is 0 Å². The monoisotopic (exact) mass is 418 g/mol. The van der Waals surface area contributed by atoms with Gasteiger partial charge in [-0.25, -0.2) is 0 Å². The first-order valence-electron chi connectivity index (χ1n) is 11.8. The second-order valence-electron chi connectivity index (χ2n) is 9.13. The molecule has 2 fully saturated rings. The molecule has 1 atom stereocenters. The van der Waals surface area contributed by atoms with Crippen LogP contribution < -0.4 is 4.74 Å². The average molecular weight is 419 g/mol. The molecule has 2 aromatic carbocycles. The maximum absolute atomic E-state index is 12.0. The quantitative estimate of drug-likeness (QED) is 0.605. The lowest BCUT2D eigenvalue weighted by Crippen LogP contribution is -2.47. The minimum atomic E-state index is -0.678. The summed E-state index contributed by atoms with van der Waals surface area (Å²) in [6, 6.07) is 19.9. The molecule has 4 heteroatoms. The van der Waals surface area contributed by atoms with Gasteiger partial charge in [0, 0.05) is 6.54 Å². The van der Waals surface area contributed by atoms with Crippen molar-refractivity contribution in [3.63, 3.8) is 0 Å². The van der Waals surface area contributed by atoms with E-state index in [1.807, 2.05) is 18.2 Å². The summed E-state index contributed by atoms with van der Waals surface area (Å²) in [5, 5.41) is 20.9. The lowest BCUT2D eigenvalue weighted by atomic mass is 9.68. The second kappa shape index (κ2) is 10.3. The van der Waals surface area contributed by atoms with Crippen LogP contribution in [-0.4, -0.2) is 36.2 Å². The molecule has 4 rings (SSSR count). The van der Waals surface area contributed by atoms with Gasteiger partial charge in [-0.05, 0) is 86.9 Å². The SMILES string of the molecule is N#Cc1ccc(OCCCN2CCC(C(O)(c3ccccc3)C3CCCC3)CC2)cc1. The fourth-order valence-corrected chi connectivity index (χ4v) is 5.58. The van der Waals surface area contributed by atoms with Gasteiger partial charge >= 0.3 is 0 Å². The van der Waals surface area contributed by atoms with Crippen molar-refractivity contribution >= 4 is 0 Å². The van der Waals surface area contributed by atoms with E-state index in [0.717, 1.165) is 63.1 Å². The Kier molecular flexibility index (Phi) is 7.27. The number of hydrogen-bond donors (Lipinski definition) is 1. The number of rotatable bonds is 8. The number of likely N-dealkylation sites (tertiary alicyclic amines) is 1. The van der Waals surface area contributed by atoms with E-state index in [0.29, 0.717) is 24.0 Å². The van der Waals surface area contributed by atoms with Crippen LogP contribution in [0.1, 0.15) is 56.1 Å². The number of benzene rings is 2. The van der Waals surface area contributed by atoms with Crippen molar-refractivity contribution in [3.8, 4) is 11.8 Å². The van der Waals surface area contributed by atoms with Crippen LogP contribution in [-0.2, 0) is 5.60 Å². The predicted molar refractivity (Wildman–Crippen MR) is 123 cm³/mol. The van der Waals surface area contributed by atoms with Gasteiger partial charge in [0.05, 0.1) is 23.8 Å². The summed E-state index contributed by atoms with van der Waals surface area (Å²) in [7, 11) is 0. The highest BCUT2D eigenvalue weighted by Crippen LogP contribution is 2.48. The number of ether oxygens (including phenoxy) is 1. The van der Waals surface area contributed by atoms with Crippen LogP contribution in [0, 0.1) is 23.2 Å². The molecule has 1 heterocycles. The largest absolute Gasteiger partial charge is 0.494 e. The molecule has 0 amide bonds. The molecule has 1 aliphatic heterocycles. The lowest BCUT2D eigenvalue weighted by molar-refractivity contribution is -0.0934. The van der Waals surface area contributed by atoms with Gasteiger partial charge in [-0.1, -0.05) is 43.2 Å². The molecule has 1 aliphatic carbocycles. The third-order valence-electron chi connectivity index (χ3n) is 7.29. The van der Waals surface area contributed by atoms with Crippen molar-refractivity contribution in [1.82, 2.24) is 4.90 Å². The Labute approximate surface area is 186 Å². The van der Waals surface area contributed by atoms with Crippen molar-refractivity contribution < 1.29 is 9.84 Å². The van der Waals surface area contributed by atoms with Crippen molar-refractivity contribution in [2.24, 2.45) is 11.8 Å². The minimum absolute atomic E-state index is 0.337. The van der Waals surface area contributed by atoms with Gasteiger partial charge in [0.2, 0.25) is 0 Å². The highest BCUT2D eigenvalue weighted by Gasteiger charge is 2.46. The Morgan fingerprint density at radius 3 is 2.23 bits per heavy atom. The second-order valence-corrected chi connectivity index (χ2v) is 9.13. The fraction of sp³-hybridized carbons (Fsp3) is 0.519. The van der Waals surface area contributed by atoms with Crippen molar-refractivity contribution in [1.29, 1.82) is 5.26 Å². The smallest absolute Gasteiger partial charge is 0.119 e. The van der Waals surface area contributed by atoms with Crippen LogP contribution in [0.2, 0.25) is 0 Å². The van der Waals surface area contributed by atoms with E-state index in [4.69, 9.17) is 10.00 Å². The van der Waals surface area contributed by atoms with Crippen LogP contribution in [0.3, 0.4) is 0 Å². The molecule has 2 aromatic rings. The molecule has 31 heavy (non-hydrogen) atoms. The van der Waals surface area contributed by atoms with Gasteiger partial charge in [0.25, 0.3) is 0 Å². The zero-order valence-corrected chi connectivity index (χ0v) is 18.4. The van der Waals surface area contributed by atoms with E-state index in [9.17, 15) is 5.11 Å². The summed E-state index contributed by atoms with van der Waals surface area (Å²) < 4.78 is 5.82. The zero-order valence-electron chi connectivity index (χ0n) is 18.4. The molecule has 1 unspecified atom stereocenters. The van der Waals surface area contributed by atoms with Crippen molar-refractivity contribution in [3.05, 3.63) is 65.7 Å². The molecule has 0 bridgehead atoms. The molecule has 0 aromatic heterocycles. The van der Waals surface area contributed by atoms with Crippen LogP contribution in [0.25, 0.3) is 0 Å². The van der Waals surface area contributed by atoms with Crippen LogP contribution >= 0.6 is 0 Å². The third-order valence-corrected chi connectivity index (χ3v) is 7.29. The summed E-state index contributed by atoms with van der Waals surface area (Å²) in [6.07, 6.45) is 7.89. The van der Waals surface area contributed by atoms with Crippen LogP contribution in [0.5, 0.6) is 5.75 Å². The normalized spacial score (nSPS) is 20.3. The fourth-order valence-electron chi connectivity index (χ4n) is 5.58. The number of aliphatic hydroxyl groups is 1. The summed E-state index contributed by atoms with van der Waals surface area (Å²) in [4.78, 5) is 2.51. The molecule has 1 saturated carbocycles. The Morgan fingerprint density at radius 1 is 0.935 bits per heavy atom. The van der Waals surface area contributed by atoms with Gasteiger partial charge in [0.15, 0.2) is 0 Å². The summed E-state index contributed by atoms with van der Waals surface area (Å²) >= 11 is 0. The van der Waals surface area contributed by atoms with E-state index in [1.165, 1.54) is 12.8 Å². The molecule has 2 aliphatic rings. The summed E-state index contributed by atoms with van der Waals surface area (Å²) in [5.41, 5.74) is 1.10. The molecule has 164 valence electrons. The topological polar surface area (TPSA) is 56.5 Å². The minimum Gasteiger partial charge on any atom is -0.494 e. The van der Waals surface area contributed by atoms with Gasteiger partial charge < -0.3 is 14.7 Å². The molecule has 1 N–H and O–H groups in total. The Hall–Kier alpha value is -2.35. The molecule has 1 saturated heterocycles. The van der Waals surface area contributed by atoms with E-state index in [1.54, 1.807) is 12.1 Å². The Bertz CT molecular complexity index is 847. The highest BCUT2D eigenvalue weighted by atomic mass is 16.5. The van der Waals surface area contributed by atoms with Crippen molar-refractivity contribution in [2.75, 3.05) is 26.2 Å². The Balaban J connectivity index is 1.27. The molecule has 4 nitrogen and oxygen atoms in total. The van der Waals surface area contributed by atoms with E-state index in [2.05, 4.69) is 35.2 Å². The maximum Gasteiger partial charge on any atom is 0.119 e. The zero-order chi connectivity index (χ0) is 21.5. The van der Waals surface area contributed by atoms with Gasteiger partial charge in [-0.3, -0.25) is 0 Å². The summed E-state index contributed by atoms with van der Waals surface area (Å²) in [5.74, 6) is 1.55. The number of hydrogen-bond acceptors (Lipinski definition) is 4. The van der Waals surface area contributed by atoms with Gasteiger partial charge in [0.1, 0.15) is 5.75 Å². The molecule has 0 spiro atoms. The number of nitrogens with zero attached hydrogens (tertiary/aromatic N) is 2.